The Balaban J connectivity index is -0.00000125. The van der Waals surface area contributed by atoms with Crippen molar-refractivity contribution in [3.63, 3.8) is 0 Å². The third-order valence-electron chi connectivity index (χ3n) is 5.68. The van der Waals surface area contributed by atoms with Crippen LogP contribution < -0.4 is 49.6 Å². The molecule has 158 valence electrons. The van der Waals surface area contributed by atoms with Crippen LogP contribution in [0.2, 0.25) is 0 Å². The monoisotopic (exact) mass is 558 g/mol. The van der Waals surface area contributed by atoms with Crippen molar-refractivity contribution in [3.05, 3.63) is 42.0 Å². The molecule has 0 amide bonds. The van der Waals surface area contributed by atoms with Gasteiger partial charge in [0.25, 0.3) is 0 Å². The number of hydrogen-bond donors (Lipinski definition) is 0. The fraction of sp³-hybridized carbons (Fsp3) is 0.636. The zero-order valence-corrected chi connectivity index (χ0v) is 23.2. The van der Waals surface area contributed by atoms with E-state index in [1.807, 2.05) is 0 Å². The summed E-state index contributed by atoms with van der Waals surface area (Å²) in [7, 11) is 0.0185. The molecule has 2 saturated carbocycles. The van der Waals surface area contributed by atoms with Gasteiger partial charge in [0.05, 0.1) is 0 Å². The molecule has 2 fully saturated rings. The van der Waals surface area contributed by atoms with Crippen LogP contribution >= 0.6 is 7.92 Å². The fourth-order valence-electron chi connectivity index (χ4n) is 4.58. The molecule has 0 radical (unpaired) electrons. The van der Waals surface area contributed by atoms with Gasteiger partial charge in [0, 0.05) is 0 Å². The molecule has 0 aromatic heterocycles. The predicted octanol–water partition coefficient (Wildman–Crippen LogP) is -4.40. The molecule has 0 bridgehead atoms. The Bertz CT molecular complexity index is 483. The van der Waals surface area contributed by atoms with E-state index in [4.69, 9.17) is 0 Å². The van der Waals surface area contributed by atoms with Crippen LogP contribution in [0.25, 0.3) is 5.31 Å². The van der Waals surface area contributed by atoms with Crippen molar-refractivity contribution in [3.8, 4) is 0 Å². The first-order valence-corrected chi connectivity index (χ1v) is 11.4. The maximum absolute atomic E-state index is 2.59. The van der Waals surface area contributed by atoms with E-state index in [-0.39, 0.29) is 83.8 Å². The van der Waals surface area contributed by atoms with Gasteiger partial charge in [-0.3, -0.25) is 0 Å². The Kier molecular flexibility index (Phi) is 23.3. The number of hydrogen-bond acceptors (Lipinski definition) is 0. The molecule has 3 rings (SSSR count). The molecule has 2 aliphatic carbocycles. The van der Waals surface area contributed by atoms with Gasteiger partial charge < -0.3 is 49.6 Å². The molecule has 0 heterocycles. The number of halogens is 4. The van der Waals surface area contributed by atoms with Gasteiger partial charge in [-0.2, -0.15) is 0 Å². The van der Waals surface area contributed by atoms with Crippen LogP contribution in [-0.2, 0) is 26.2 Å². The van der Waals surface area contributed by atoms with E-state index >= 15 is 0 Å². The summed E-state index contributed by atoms with van der Waals surface area (Å²) < 4.78 is 0. The van der Waals surface area contributed by atoms with Crippen LogP contribution in [0, 0.1) is 0 Å². The van der Waals surface area contributed by atoms with E-state index in [0.717, 1.165) is 11.3 Å². The van der Waals surface area contributed by atoms with Crippen molar-refractivity contribution in [2.75, 3.05) is 0 Å². The third kappa shape index (κ3) is 9.71. The van der Waals surface area contributed by atoms with Crippen LogP contribution in [-0.4, -0.2) is 11.3 Å². The average molecular weight is 562 g/mol. The van der Waals surface area contributed by atoms with Crippen LogP contribution in [0.4, 0.5) is 0 Å². The molecule has 28 heavy (non-hydrogen) atoms. The number of allylic oxidation sites excluding steroid dienone is 1. The van der Waals surface area contributed by atoms with Gasteiger partial charge in [-0.1, -0.05) is 89.8 Å². The maximum Gasteiger partial charge on any atom is 4.00 e. The molecular weight excluding hydrogens is 528 g/mol. The molecule has 0 nitrogen and oxygen atoms in total. The second kappa shape index (κ2) is 19.1. The van der Waals surface area contributed by atoms with Crippen molar-refractivity contribution >= 4 is 13.2 Å². The van der Waals surface area contributed by atoms with Crippen LogP contribution in [0.5, 0.6) is 0 Å². The molecule has 0 saturated heterocycles. The maximum atomic E-state index is 2.59. The SMILES string of the molecule is CCC=C(c1ccccc1)P(C1CCCCC1)C1CCCCC1.[Cl-].[Cl-].[Cl-].[Cl-].[Zr+4]. The molecule has 0 aliphatic heterocycles. The van der Waals surface area contributed by atoms with Crippen LogP contribution in [0.3, 0.4) is 0 Å². The first-order valence-electron chi connectivity index (χ1n) is 9.94. The Labute approximate surface area is 218 Å². The molecule has 0 spiro atoms. The van der Waals surface area contributed by atoms with E-state index in [2.05, 4.69) is 43.3 Å². The van der Waals surface area contributed by atoms with Gasteiger partial charge in [0.2, 0.25) is 0 Å². The summed E-state index contributed by atoms with van der Waals surface area (Å²) in [5, 5.41) is 1.75. The third-order valence-corrected chi connectivity index (χ3v) is 9.28. The summed E-state index contributed by atoms with van der Waals surface area (Å²) in [5.41, 5.74) is 3.52. The minimum absolute atomic E-state index is 0. The topological polar surface area (TPSA) is 0 Å². The summed E-state index contributed by atoms with van der Waals surface area (Å²) in [6, 6.07) is 11.4. The van der Waals surface area contributed by atoms with Gasteiger partial charge in [-0.15, -0.1) is 0 Å². The van der Waals surface area contributed by atoms with E-state index in [1.165, 1.54) is 76.2 Å². The van der Waals surface area contributed by atoms with Gasteiger partial charge >= 0.3 is 26.2 Å². The van der Waals surface area contributed by atoms with Crippen molar-refractivity contribution in [2.45, 2.75) is 88.9 Å². The van der Waals surface area contributed by atoms with Crippen molar-refractivity contribution in [1.29, 1.82) is 0 Å². The summed E-state index contributed by atoms with van der Waals surface area (Å²) >= 11 is 0. The second-order valence-corrected chi connectivity index (χ2v) is 10.1. The van der Waals surface area contributed by atoms with E-state index in [1.54, 1.807) is 5.31 Å². The summed E-state index contributed by atoms with van der Waals surface area (Å²) in [5.74, 6) is 0. The Morgan fingerprint density at radius 2 is 1.21 bits per heavy atom. The van der Waals surface area contributed by atoms with E-state index < -0.39 is 0 Å². The van der Waals surface area contributed by atoms with E-state index in [9.17, 15) is 0 Å². The van der Waals surface area contributed by atoms with Crippen molar-refractivity contribution in [2.24, 2.45) is 0 Å². The average Bonchev–Trinajstić information content (AvgIpc) is 2.64. The second-order valence-electron chi connectivity index (χ2n) is 7.35. The molecule has 0 atom stereocenters. The summed E-state index contributed by atoms with van der Waals surface area (Å²) in [6.45, 7) is 2.32. The Morgan fingerprint density at radius 1 is 0.786 bits per heavy atom. The minimum atomic E-state index is 0. The van der Waals surface area contributed by atoms with E-state index in [0.29, 0.717) is 0 Å². The Hall–Kier alpha value is 1.43. The largest absolute Gasteiger partial charge is 4.00 e. The fourth-order valence-corrected chi connectivity index (χ4v) is 8.65. The summed E-state index contributed by atoms with van der Waals surface area (Å²) in [6.07, 6.45) is 18.6. The smallest absolute Gasteiger partial charge is 1.00 e. The van der Waals surface area contributed by atoms with Gasteiger partial charge in [-0.05, 0) is 54.3 Å². The molecule has 1 aromatic carbocycles. The van der Waals surface area contributed by atoms with Crippen LogP contribution in [0.15, 0.2) is 36.4 Å². The molecular formula is C22H33Cl4PZr. The standard InChI is InChI=1S/C22H33P.4ClH.Zr/c1-2-12-22(19-13-6-3-7-14-19)23(20-15-8-4-9-16-20)21-17-10-5-11-18-21;;;;;/h3,6-7,12-14,20-21H,2,4-5,8-11,15-18H2,1H3;4*1H;/q;;;;;+4/p-4. The zero-order chi connectivity index (χ0) is 15.9. The first kappa shape index (κ1) is 34.1. The number of benzene rings is 1. The Morgan fingerprint density at radius 3 is 1.61 bits per heavy atom. The predicted molar refractivity (Wildman–Crippen MR) is 105 cm³/mol. The van der Waals surface area contributed by atoms with Gasteiger partial charge in [-0.25, -0.2) is 0 Å². The van der Waals surface area contributed by atoms with Crippen molar-refractivity contribution < 1.29 is 75.8 Å². The summed E-state index contributed by atoms with van der Waals surface area (Å²) in [4.78, 5) is 0. The van der Waals surface area contributed by atoms with Crippen molar-refractivity contribution in [1.82, 2.24) is 0 Å². The quantitative estimate of drug-likeness (QED) is 0.319. The van der Waals surface area contributed by atoms with Gasteiger partial charge in [0.1, 0.15) is 0 Å². The molecule has 6 heteroatoms. The molecule has 1 aromatic rings. The number of rotatable bonds is 5. The minimum Gasteiger partial charge on any atom is -1.00 e. The molecule has 0 unspecified atom stereocenters. The normalized spacial score (nSPS) is 17.9. The first-order chi connectivity index (χ1) is 11.4. The zero-order valence-electron chi connectivity index (χ0n) is 16.9. The van der Waals surface area contributed by atoms with Gasteiger partial charge in [0.15, 0.2) is 0 Å². The van der Waals surface area contributed by atoms with Crippen LogP contribution in [0.1, 0.15) is 83.1 Å². The molecule has 0 N–H and O–H groups in total. The molecule has 2 aliphatic rings.